The molecule has 0 spiro atoms. The highest BCUT2D eigenvalue weighted by Gasteiger charge is 2.38. The first-order valence-corrected chi connectivity index (χ1v) is 8.42. The monoisotopic (exact) mass is 301 g/mol. The lowest BCUT2D eigenvalue weighted by Crippen LogP contribution is -2.46. The SMILES string of the molecule is C[C@@]1(COS(C)(=O)=O)CNCC[C@@H]1c1ccc(F)cc1. The van der Waals surface area contributed by atoms with Crippen LogP contribution in [-0.2, 0) is 14.3 Å². The maximum Gasteiger partial charge on any atom is 0.264 e. The van der Waals surface area contributed by atoms with Gasteiger partial charge in [0.25, 0.3) is 10.1 Å². The van der Waals surface area contributed by atoms with Crippen molar-refractivity contribution in [3.63, 3.8) is 0 Å². The molecule has 1 saturated heterocycles. The van der Waals surface area contributed by atoms with E-state index < -0.39 is 10.1 Å². The molecular formula is C14H20FNO3S. The van der Waals surface area contributed by atoms with Crippen LogP contribution >= 0.6 is 0 Å². The number of nitrogens with one attached hydrogen (secondary N) is 1. The summed E-state index contributed by atoms with van der Waals surface area (Å²) in [6.45, 7) is 3.65. The lowest BCUT2D eigenvalue weighted by atomic mass is 9.70. The molecule has 0 aliphatic carbocycles. The van der Waals surface area contributed by atoms with Gasteiger partial charge in [-0.1, -0.05) is 19.1 Å². The van der Waals surface area contributed by atoms with E-state index in [2.05, 4.69) is 5.32 Å². The molecule has 0 saturated carbocycles. The van der Waals surface area contributed by atoms with Gasteiger partial charge in [-0.2, -0.15) is 8.42 Å². The van der Waals surface area contributed by atoms with E-state index in [1.54, 1.807) is 12.1 Å². The second-order valence-corrected chi connectivity index (χ2v) is 7.33. The summed E-state index contributed by atoms with van der Waals surface area (Å²) in [7, 11) is -3.46. The molecule has 20 heavy (non-hydrogen) atoms. The van der Waals surface area contributed by atoms with Crippen LogP contribution in [0.5, 0.6) is 0 Å². The van der Waals surface area contributed by atoms with Crippen molar-refractivity contribution in [1.82, 2.24) is 5.32 Å². The van der Waals surface area contributed by atoms with E-state index in [1.165, 1.54) is 12.1 Å². The third-order valence-corrected chi connectivity index (χ3v) is 4.40. The summed E-state index contributed by atoms with van der Waals surface area (Å²) in [6.07, 6.45) is 1.93. The number of piperidine rings is 1. The summed E-state index contributed by atoms with van der Waals surface area (Å²) >= 11 is 0. The highest BCUT2D eigenvalue weighted by atomic mass is 32.2. The predicted octanol–water partition coefficient (Wildman–Crippen LogP) is 1.89. The number of rotatable bonds is 4. The van der Waals surface area contributed by atoms with E-state index in [-0.39, 0.29) is 23.8 Å². The molecule has 112 valence electrons. The molecule has 0 unspecified atom stereocenters. The van der Waals surface area contributed by atoms with E-state index in [0.717, 1.165) is 24.8 Å². The van der Waals surface area contributed by atoms with E-state index in [9.17, 15) is 12.8 Å². The van der Waals surface area contributed by atoms with Crippen LogP contribution in [-0.4, -0.2) is 34.4 Å². The molecule has 1 N–H and O–H groups in total. The van der Waals surface area contributed by atoms with Crippen LogP contribution in [0.1, 0.15) is 24.8 Å². The zero-order chi connectivity index (χ0) is 14.8. The first-order valence-electron chi connectivity index (χ1n) is 6.61. The minimum Gasteiger partial charge on any atom is -0.316 e. The Morgan fingerprint density at radius 3 is 2.65 bits per heavy atom. The van der Waals surface area contributed by atoms with Crippen molar-refractivity contribution < 1.29 is 17.0 Å². The summed E-state index contributed by atoms with van der Waals surface area (Å²) in [5, 5.41) is 3.27. The molecular weight excluding hydrogens is 281 g/mol. The molecule has 6 heteroatoms. The third kappa shape index (κ3) is 3.77. The molecule has 1 heterocycles. The average Bonchev–Trinajstić information content (AvgIpc) is 2.38. The second kappa shape index (κ2) is 5.79. The molecule has 4 nitrogen and oxygen atoms in total. The fourth-order valence-electron chi connectivity index (χ4n) is 2.75. The molecule has 0 bridgehead atoms. The fraction of sp³-hybridized carbons (Fsp3) is 0.571. The van der Waals surface area contributed by atoms with Gasteiger partial charge in [0.15, 0.2) is 0 Å². The molecule has 2 atom stereocenters. The normalized spacial score (nSPS) is 27.4. The predicted molar refractivity (Wildman–Crippen MR) is 75.5 cm³/mol. The standard InChI is InChI=1S/C14H20FNO3S/c1-14(10-19-20(2,17)18)9-16-8-7-13(14)11-3-5-12(15)6-4-11/h3-6,13,16H,7-10H2,1-2H3/t13-,14+/m1/s1. The van der Waals surface area contributed by atoms with Gasteiger partial charge in [0.05, 0.1) is 12.9 Å². The minimum absolute atomic E-state index is 0.126. The van der Waals surface area contributed by atoms with Crippen molar-refractivity contribution in [2.24, 2.45) is 5.41 Å². The maximum atomic E-state index is 13.0. The van der Waals surface area contributed by atoms with E-state index in [1.807, 2.05) is 6.92 Å². The molecule has 0 amide bonds. The van der Waals surface area contributed by atoms with Gasteiger partial charge < -0.3 is 5.32 Å². The summed E-state index contributed by atoms with van der Waals surface area (Å²) < 4.78 is 40.5. The van der Waals surface area contributed by atoms with E-state index in [0.29, 0.717) is 6.54 Å². The summed E-state index contributed by atoms with van der Waals surface area (Å²) in [5.74, 6) is -0.122. The van der Waals surface area contributed by atoms with E-state index >= 15 is 0 Å². The van der Waals surface area contributed by atoms with Crippen molar-refractivity contribution in [2.75, 3.05) is 26.0 Å². The second-order valence-electron chi connectivity index (χ2n) is 5.69. The van der Waals surface area contributed by atoms with Crippen molar-refractivity contribution in [3.05, 3.63) is 35.6 Å². The number of halogens is 1. The van der Waals surface area contributed by atoms with Gasteiger partial charge in [0, 0.05) is 12.0 Å². The van der Waals surface area contributed by atoms with Crippen LogP contribution in [0.4, 0.5) is 4.39 Å². The fourth-order valence-corrected chi connectivity index (χ4v) is 3.23. The number of hydrogen-bond acceptors (Lipinski definition) is 4. The van der Waals surface area contributed by atoms with Crippen LogP contribution < -0.4 is 5.32 Å². The zero-order valence-electron chi connectivity index (χ0n) is 11.7. The van der Waals surface area contributed by atoms with E-state index in [4.69, 9.17) is 4.18 Å². The van der Waals surface area contributed by atoms with Gasteiger partial charge in [-0.05, 0) is 36.6 Å². The molecule has 1 fully saturated rings. The Hall–Kier alpha value is -0.980. The Morgan fingerprint density at radius 2 is 2.05 bits per heavy atom. The van der Waals surface area contributed by atoms with Gasteiger partial charge >= 0.3 is 0 Å². The average molecular weight is 301 g/mol. The Kier molecular flexibility index (Phi) is 4.46. The van der Waals surface area contributed by atoms with Crippen LogP contribution in [0.15, 0.2) is 24.3 Å². The molecule has 0 aromatic heterocycles. The quantitative estimate of drug-likeness (QED) is 0.863. The Labute approximate surface area is 119 Å². The van der Waals surface area contributed by atoms with Gasteiger partial charge in [-0.25, -0.2) is 4.39 Å². The lowest BCUT2D eigenvalue weighted by molar-refractivity contribution is 0.108. The molecule has 1 aromatic rings. The first-order chi connectivity index (χ1) is 9.30. The van der Waals surface area contributed by atoms with Crippen LogP contribution in [0.2, 0.25) is 0 Å². The van der Waals surface area contributed by atoms with Crippen molar-refractivity contribution >= 4 is 10.1 Å². The van der Waals surface area contributed by atoms with Gasteiger partial charge in [0.2, 0.25) is 0 Å². The number of hydrogen-bond donors (Lipinski definition) is 1. The molecule has 2 rings (SSSR count). The lowest BCUT2D eigenvalue weighted by Gasteiger charge is -2.41. The first kappa shape index (κ1) is 15.4. The zero-order valence-corrected chi connectivity index (χ0v) is 12.5. The van der Waals surface area contributed by atoms with Gasteiger partial charge in [0.1, 0.15) is 5.82 Å². The summed E-state index contributed by atoms with van der Waals surface area (Å²) in [6, 6.07) is 6.42. The number of benzene rings is 1. The largest absolute Gasteiger partial charge is 0.316 e. The topological polar surface area (TPSA) is 55.4 Å². The van der Waals surface area contributed by atoms with Crippen LogP contribution in [0, 0.1) is 11.2 Å². The van der Waals surface area contributed by atoms with Crippen molar-refractivity contribution in [1.29, 1.82) is 0 Å². The smallest absolute Gasteiger partial charge is 0.264 e. The molecule has 1 aliphatic heterocycles. The maximum absolute atomic E-state index is 13.0. The van der Waals surface area contributed by atoms with Crippen molar-refractivity contribution in [3.8, 4) is 0 Å². The highest BCUT2D eigenvalue weighted by molar-refractivity contribution is 7.85. The third-order valence-electron chi connectivity index (χ3n) is 3.85. The summed E-state index contributed by atoms with van der Waals surface area (Å²) in [4.78, 5) is 0. The highest BCUT2D eigenvalue weighted by Crippen LogP contribution is 2.40. The Bertz CT molecular complexity index is 558. The van der Waals surface area contributed by atoms with Crippen LogP contribution in [0.25, 0.3) is 0 Å². The molecule has 1 aliphatic rings. The van der Waals surface area contributed by atoms with Gasteiger partial charge in [-0.15, -0.1) is 0 Å². The Balaban J connectivity index is 2.21. The van der Waals surface area contributed by atoms with Crippen LogP contribution in [0.3, 0.4) is 0 Å². The molecule has 1 aromatic carbocycles. The molecule has 0 radical (unpaired) electrons. The minimum atomic E-state index is -3.46. The Morgan fingerprint density at radius 1 is 1.40 bits per heavy atom. The summed E-state index contributed by atoms with van der Waals surface area (Å²) in [5.41, 5.74) is 0.687. The van der Waals surface area contributed by atoms with Crippen molar-refractivity contribution in [2.45, 2.75) is 19.3 Å². The van der Waals surface area contributed by atoms with Gasteiger partial charge in [-0.3, -0.25) is 4.18 Å².